The number of rotatable bonds is 10. The van der Waals surface area contributed by atoms with Gasteiger partial charge in [-0.05, 0) is 75.2 Å². The molecule has 1 unspecified atom stereocenters. The van der Waals surface area contributed by atoms with E-state index in [4.69, 9.17) is 13.9 Å². The maximum atomic E-state index is 14.0. The number of furan rings is 1. The Morgan fingerprint density at radius 1 is 1.13 bits per heavy atom. The molecule has 200 valence electrons. The Balaban J connectivity index is 1.58. The van der Waals surface area contributed by atoms with Crippen molar-refractivity contribution in [3.8, 4) is 16.9 Å². The van der Waals surface area contributed by atoms with Crippen LogP contribution >= 0.6 is 0 Å². The molecule has 0 amide bonds. The van der Waals surface area contributed by atoms with E-state index in [-0.39, 0.29) is 30.1 Å². The number of carbonyl (C=O) groups excluding carboxylic acids is 1. The molecular formula is C29H31FN2O5S. The standard InChI is InChI=1S/C29H31FN2O5S/c1-5-35-27(33)15-21-6-7-23(30)16-26(21)37-18-19-12-22-9-11-36-28(22)25(13-19)20-8-10-31-24(14-20)17-32-38(34)29(2,3)4/h6-14,16,32H,5,15,17-18H2,1-4H3. The summed E-state index contributed by atoms with van der Waals surface area (Å²) >= 11 is 0. The predicted octanol–water partition coefficient (Wildman–Crippen LogP) is 5.87. The van der Waals surface area contributed by atoms with Crippen LogP contribution in [0.3, 0.4) is 0 Å². The van der Waals surface area contributed by atoms with Crippen LogP contribution in [0, 0.1) is 5.82 Å². The molecule has 38 heavy (non-hydrogen) atoms. The van der Waals surface area contributed by atoms with E-state index in [1.165, 1.54) is 18.2 Å². The maximum absolute atomic E-state index is 14.0. The fourth-order valence-corrected chi connectivity index (χ4v) is 4.59. The monoisotopic (exact) mass is 538 g/mol. The average molecular weight is 539 g/mol. The molecule has 4 aromatic rings. The first-order valence-corrected chi connectivity index (χ1v) is 13.5. The van der Waals surface area contributed by atoms with Crippen molar-refractivity contribution in [1.29, 1.82) is 0 Å². The Kier molecular flexibility index (Phi) is 8.58. The Morgan fingerprint density at radius 3 is 2.71 bits per heavy atom. The number of nitrogens with one attached hydrogen (secondary N) is 1. The molecule has 1 atom stereocenters. The number of hydrogen-bond acceptors (Lipinski definition) is 6. The second-order valence-electron chi connectivity index (χ2n) is 9.74. The van der Waals surface area contributed by atoms with Crippen LogP contribution in [0.2, 0.25) is 0 Å². The van der Waals surface area contributed by atoms with Crippen LogP contribution in [-0.4, -0.2) is 26.5 Å². The van der Waals surface area contributed by atoms with E-state index >= 15 is 0 Å². The molecular weight excluding hydrogens is 507 g/mol. The van der Waals surface area contributed by atoms with Gasteiger partial charge in [-0.3, -0.25) is 9.78 Å². The van der Waals surface area contributed by atoms with Crippen LogP contribution < -0.4 is 9.46 Å². The van der Waals surface area contributed by atoms with Crippen molar-refractivity contribution in [3.63, 3.8) is 0 Å². The van der Waals surface area contributed by atoms with Gasteiger partial charge in [-0.2, -0.15) is 0 Å². The molecule has 9 heteroatoms. The molecule has 0 saturated heterocycles. The summed E-state index contributed by atoms with van der Waals surface area (Å²) in [7, 11) is -1.22. The van der Waals surface area contributed by atoms with Gasteiger partial charge in [-0.25, -0.2) is 13.3 Å². The molecule has 2 heterocycles. The summed E-state index contributed by atoms with van der Waals surface area (Å²) in [6.07, 6.45) is 3.32. The predicted molar refractivity (Wildman–Crippen MR) is 145 cm³/mol. The normalized spacial score (nSPS) is 12.4. The van der Waals surface area contributed by atoms with Gasteiger partial charge in [-0.15, -0.1) is 0 Å². The molecule has 2 aromatic heterocycles. The minimum atomic E-state index is -1.22. The van der Waals surface area contributed by atoms with E-state index in [2.05, 4.69) is 9.71 Å². The summed E-state index contributed by atoms with van der Waals surface area (Å²) in [6.45, 7) is 8.23. The number of hydrogen-bond donors (Lipinski definition) is 1. The van der Waals surface area contributed by atoms with Gasteiger partial charge >= 0.3 is 5.97 Å². The largest absolute Gasteiger partial charge is 0.488 e. The number of fused-ring (bicyclic) bond motifs is 1. The smallest absolute Gasteiger partial charge is 0.310 e. The van der Waals surface area contributed by atoms with Gasteiger partial charge in [0.25, 0.3) is 0 Å². The van der Waals surface area contributed by atoms with Crippen LogP contribution in [0.5, 0.6) is 5.75 Å². The van der Waals surface area contributed by atoms with E-state index in [9.17, 15) is 13.4 Å². The third kappa shape index (κ3) is 6.85. The summed E-state index contributed by atoms with van der Waals surface area (Å²) in [5.41, 5.74) is 4.57. The summed E-state index contributed by atoms with van der Waals surface area (Å²) in [6, 6.07) is 13.7. The lowest BCUT2D eigenvalue weighted by molar-refractivity contribution is -0.142. The van der Waals surface area contributed by atoms with Gasteiger partial charge < -0.3 is 13.9 Å². The first kappa shape index (κ1) is 27.5. The summed E-state index contributed by atoms with van der Waals surface area (Å²) in [5.74, 6) is -0.569. The van der Waals surface area contributed by atoms with Gasteiger partial charge in [0.15, 0.2) is 0 Å². The molecule has 2 aromatic carbocycles. The number of halogens is 1. The number of aromatic nitrogens is 1. The number of nitrogens with zero attached hydrogens (tertiary/aromatic N) is 1. The zero-order valence-corrected chi connectivity index (χ0v) is 22.7. The van der Waals surface area contributed by atoms with Gasteiger partial charge in [0.1, 0.15) is 23.8 Å². The fraction of sp³-hybridized carbons (Fsp3) is 0.310. The highest BCUT2D eigenvalue weighted by atomic mass is 32.2. The highest BCUT2D eigenvalue weighted by Crippen LogP contribution is 2.32. The lowest BCUT2D eigenvalue weighted by Gasteiger charge is -2.18. The van der Waals surface area contributed by atoms with Crippen LogP contribution in [0.1, 0.15) is 44.5 Å². The summed E-state index contributed by atoms with van der Waals surface area (Å²) in [5, 5.41) is 0.886. The SMILES string of the molecule is CCOC(=O)Cc1ccc(F)cc1OCc1cc(-c2ccnc(CNS(=O)C(C)(C)C)c2)c2occc2c1. The second-order valence-corrected chi connectivity index (χ2v) is 11.8. The van der Waals surface area contributed by atoms with Gasteiger partial charge in [0.05, 0.1) is 47.3 Å². The highest BCUT2D eigenvalue weighted by molar-refractivity contribution is 7.84. The first-order valence-electron chi connectivity index (χ1n) is 12.3. The molecule has 0 aliphatic heterocycles. The second kappa shape index (κ2) is 11.9. The van der Waals surface area contributed by atoms with Crippen molar-refractivity contribution < 1.29 is 27.3 Å². The van der Waals surface area contributed by atoms with Crippen LogP contribution in [0.15, 0.2) is 65.4 Å². The van der Waals surface area contributed by atoms with E-state index in [0.717, 1.165) is 27.8 Å². The van der Waals surface area contributed by atoms with E-state index in [1.807, 2.05) is 51.1 Å². The molecule has 0 aliphatic carbocycles. The lowest BCUT2D eigenvalue weighted by Crippen LogP contribution is -2.33. The molecule has 0 fully saturated rings. The van der Waals surface area contributed by atoms with E-state index < -0.39 is 22.8 Å². The van der Waals surface area contributed by atoms with Crippen molar-refractivity contribution in [2.24, 2.45) is 0 Å². The molecule has 0 aliphatic rings. The average Bonchev–Trinajstić information content (AvgIpc) is 3.35. The number of carbonyl (C=O) groups is 1. The van der Waals surface area contributed by atoms with Crippen molar-refractivity contribution in [1.82, 2.24) is 9.71 Å². The Hall–Kier alpha value is -3.56. The number of ether oxygens (including phenoxy) is 2. The van der Waals surface area contributed by atoms with Crippen LogP contribution in [0.25, 0.3) is 22.1 Å². The number of pyridine rings is 1. The van der Waals surface area contributed by atoms with Gasteiger partial charge in [0, 0.05) is 28.8 Å². The zero-order valence-electron chi connectivity index (χ0n) is 21.9. The Morgan fingerprint density at radius 2 is 1.95 bits per heavy atom. The molecule has 7 nitrogen and oxygen atoms in total. The lowest BCUT2D eigenvalue weighted by atomic mass is 10.0. The fourth-order valence-electron chi connectivity index (χ4n) is 3.88. The third-order valence-electron chi connectivity index (χ3n) is 5.74. The third-order valence-corrected chi connectivity index (χ3v) is 7.26. The molecule has 1 N–H and O–H groups in total. The van der Waals surface area contributed by atoms with Gasteiger partial charge in [-0.1, -0.05) is 6.07 Å². The molecule has 0 radical (unpaired) electrons. The van der Waals surface area contributed by atoms with Gasteiger partial charge in [0.2, 0.25) is 0 Å². The molecule has 0 spiro atoms. The topological polar surface area (TPSA) is 90.7 Å². The minimum absolute atomic E-state index is 0.0106. The summed E-state index contributed by atoms with van der Waals surface area (Å²) < 4.78 is 45.8. The summed E-state index contributed by atoms with van der Waals surface area (Å²) in [4.78, 5) is 16.4. The Labute approximate surface area is 224 Å². The molecule has 0 saturated carbocycles. The van der Waals surface area contributed by atoms with Crippen molar-refractivity contribution in [2.45, 2.75) is 52.0 Å². The maximum Gasteiger partial charge on any atom is 0.310 e. The van der Waals surface area contributed by atoms with Crippen LogP contribution in [-0.2, 0) is 40.1 Å². The molecule has 4 rings (SSSR count). The highest BCUT2D eigenvalue weighted by Gasteiger charge is 2.19. The molecule has 0 bridgehead atoms. The van der Waals surface area contributed by atoms with E-state index in [1.54, 1.807) is 19.4 Å². The van der Waals surface area contributed by atoms with Crippen molar-refractivity contribution in [3.05, 3.63) is 83.6 Å². The first-order chi connectivity index (χ1) is 18.1. The van der Waals surface area contributed by atoms with Crippen molar-refractivity contribution in [2.75, 3.05) is 6.61 Å². The van der Waals surface area contributed by atoms with Crippen LogP contribution in [0.4, 0.5) is 4.39 Å². The number of benzene rings is 2. The van der Waals surface area contributed by atoms with Crippen molar-refractivity contribution >= 4 is 27.9 Å². The van der Waals surface area contributed by atoms with E-state index in [0.29, 0.717) is 17.7 Å². The quantitative estimate of drug-likeness (QED) is 0.254. The number of esters is 1. The minimum Gasteiger partial charge on any atom is -0.488 e. The zero-order chi connectivity index (χ0) is 27.3. The Bertz CT molecular complexity index is 1460.